The zero-order valence-electron chi connectivity index (χ0n) is 10.4. The first-order valence-corrected chi connectivity index (χ1v) is 7.11. The molecule has 98 valence electrons. The highest BCUT2D eigenvalue weighted by Crippen LogP contribution is 2.20. The van der Waals surface area contributed by atoms with Gasteiger partial charge < -0.3 is 10.4 Å². The molecule has 1 aliphatic carbocycles. The minimum absolute atomic E-state index is 0.106. The summed E-state index contributed by atoms with van der Waals surface area (Å²) in [6.07, 6.45) is 3.35. The van der Waals surface area contributed by atoms with Crippen molar-refractivity contribution in [3.63, 3.8) is 0 Å². The van der Waals surface area contributed by atoms with Gasteiger partial charge in [-0.25, -0.2) is 0 Å². The van der Waals surface area contributed by atoms with Gasteiger partial charge in [0.1, 0.15) is 0 Å². The first kappa shape index (κ1) is 13.6. The molecular weight excluding hydrogens is 294 g/mol. The van der Waals surface area contributed by atoms with Crippen LogP contribution in [0.3, 0.4) is 0 Å². The summed E-state index contributed by atoms with van der Waals surface area (Å²) in [6.45, 7) is 1.96. The third-order valence-corrected chi connectivity index (χ3v) is 3.81. The fourth-order valence-electron chi connectivity index (χ4n) is 2.40. The number of carbonyl (C=O) groups excluding carboxylic acids is 1. The summed E-state index contributed by atoms with van der Waals surface area (Å²) in [7, 11) is 0. The normalized spacial score (nSPS) is 23.7. The SMILES string of the molecule is Cc1cc(Br)cc(C(=O)NC2CCCCC2O)c1. The minimum Gasteiger partial charge on any atom is -0.391 e. The van der Waals surface area contributed by atoms with Crippen LogP contribution in [0, 0.1) is 6.92 Å². The molecular formula is C14H18BrNO2. The zero-order valence-corrected chi connectivity index (χ0v) is 12.0. The summed E-state index contributed by atoms with van der Waals surface area (Å²) in [5.41, 5.74) is 1.68. The van der Waals surface area contributed by atoms with Crippen molar-refractivity contribution in [2.75, 3.05) is 0 Å². The van der Waals surface area contributed by atoms with Crippen LogP contribution < -0.4 is 5.32 Å². The van der Waals surface area contributed by atoms with E-state index in [0.717, 1.165) is 35.7 Å². The van der Waals surface area contributed by atoms with Crippen molar-refractivity contribution in [1.29, 1.82) is 0 Å². The molecule has 0 radical (unpaired) electrons. The molecule has 1 aromatic rings. The van der Waals surface area contributed by atoms with Crippen molar-refractivity contribution >= 4 is 21.8 Å². The molecule has 1 aliphatic rings. The number of benzene rings is 1. The Kier molecular flexibility index (Phi) is 4.40. The van der Waals surface area contributed by atoms with Gasteiger partial charge in [-0.1, -0.05) is 28.8 Å². The molecule has 2 unspecified atom stereocenters. The van der Waals surface area contributed by atoms with Gasteiger partial charge in [-0.15, -0.1) is 0 Å². The van der Waals surface area contributed by atoms with Crippen molar-refractivity contribution in [1.82, 2.24) is 5.32 Å². The minimum atomic E-state index is -0.407. The molecule has 4 heteroatoms. The maximum Gasteiger partial charge on any atom is 0.251 e. The summed E-state index contributed by atoms with van der Waals surface area (Å²) in [4.78, 5) is 12.1. The Balaban J connectivity index is 2.06. The lowest BCUT2D eigenvalue weighted by Crippen LogP contribution is -2.45. The van der Waals surface area contributed by atoms with Gasteiger partial charge in [0.05, 0.1) is 12.1 Å². The van der Waals surface area contributed by atoms with Crippen LogP contribution in [0.4, 0.5) is 0 Å². The Bertz CT molecular complexity index is 427. The van der Waals surface area contributed by atoms with E-state index < -0.39 is 6.10 Å². The molecule has 1 amide bonds. The molecule has 0 aliphatic heterocycles. The molecule has 0 heterocycles. The number of amides is 1. The number of hydrogen-bond donors (Lipinski definition) is 2. The lowest BCUT2D eigenvalue weighted by molar-refractivity contribution is 0.0717. The number of rotatable bonds is 2. The second-order valence-corrected chi connectivity index (χ2v) is 5.86. The molecule has 1 aromatic carbocycles. The van der Waals surface area contributed by atoms with E-state index in [1.165, 1.54) is 0 Å². The van der Waals surface area contributed by atoms with Crippen molar-refractivity contribution in [3.8, 4) is 0 Å². The Hall–Kier alpha value is -0.870. The summed E-state index contributed by atoms with van der Waals surface area (Å²) < 4.78 is 0.900. The lowest BCUT2D eigenvalue weighted by Gasteiger charge is -2.28. The molecule has 1 saturated carbocycles. The van der Waals surface area contributed by atoms with Crippen LogP contribution in [-0.2, 0) is 0 Å². The quantitative estimate of drug-likeness (QED) is 0.882. The molecule has 3 nitrogen and oxygen atoms in total. The maximum atomic E-state index is 12.1. The lowest BCUT2D eigenvalue weighted by atomic mass is 9.92. The second kappa shape index (κ2) is 5.85. The molecule has 0 bridgehead atoms. The highest BCUT2D eigenvalue weighted by molar-refractivity contribution is 9.10. The first-order valence-electron chi connectivity index (χ1n) is 6.32. The van der Waals surface area contributed by atoms with Crippen molar-refractivity contribution < 1.29 is 9.90 Å². The van der Waals surface area contributed by atoms with Gasteiger partial charge in [0.15, 0.2) is 0 Å². The van der Waals surface area contributed by atoms with E-state index in [-0.39, 0.29) is 11.9 Å². The van der Waals surface area contributed by atoms with E-state index in [2.05, 4.69) is 21.2 Å². The monoisotopic (exact) mass is 311 g/mol. The van der Waals surface area contributed by atoms with Crippen LogP contribution in [-0.4, -0.2) is 23.2 Å². The summed E-state index contributed by atoms with van der Waals surface area (Å²) in [5, 5.41) is 12.8. The molecule has 0 spiro atoms. The van der Waals surface area contributed by atoms with Crippen LogP contribution in [0.15, 0.2) is 22.7 Å². The second-order valence-electron chi connectivity index (χ2n) is 4.95. The Morgan fingerprint density at radius 2 is 2.06 bits per heavy atom. The number of aryl methyl sites for hydroxylation is 1. The molecule has 0 saturated heterocycles. The van der Waals surface area contributed by atoms with Crippen molar-refractivity contribution in [2.24, 2.45) is 0 Å². The van der Waals surface area contributed by atoms with Gasteiger partial charge >= 0.3 is 0 Å². The van der Waals surface area contributed by atoms with Gasteiger partial charge in [-0.05, 0) is 43.5 Å². The average Bonchev–Trinajstić information content (AvgIpc) is 2.31. The molecule has 2 N–H and O–H groups in total. The summed E-state index contributed by atoms with van der Waals surface area (Å²) >= 11 is 3.39. The molecule has 1 fully saturated rings. The largest absolute Gasteiger partial charge is 0.391 e. The van der Waals surface area contributed by atoms with Crippen LogP contribution in [0.5, 0.6) is 0 Å². The predicted molar refractivity (Wildman–Crippen MR) is 74.6 cm³/mol. The fourth-order valence-corrected chi connectivity index (χ4v) is 3.01. The van der Waals surface area contributed by atoms with Crippen LogP contribution >= 0.6 is 15.9 Å². The number of carbonyl (C=O) groups is 1. The van der Waals surface area contributed by atoms with E-state index in [1.807, 2.05) is 19.1 Å². The van der Waals surface area contributed by atoms with E-state index in [1.54, 1.807) is 6.07 Å². The van der Waals surface area contributed by atoms with E-state index in [4.69, 9.17) is 0 Å². The third-order valence-electron chi connectivity index (χ3n) is 3.35. The molecule has 0 aromatic heterocycles. The van der Waals surface area contributed by atoms with Gasteiger partial charge in [-0.2, -0.15) is 0 Å². The zero-order chi connectivity index (χ0) is 13.1. The van der Waals surface area contributed by atoms with Crippen LogP contribution in [0.1, 0.15) is 41.6 Å². The molecule has 2 atom stereocenters. The highest BCUT2D eigenvalue weighted by atomic mass is 79.9. The summed E-state index contributed by atoms with van der Waals surface area (Å²) in [6, 6.07) is 5.52. The first-order chi connectivity index (χ1) is 8.56. The number of halogens is 1. The van der Waals surface area contributed by atoms with Gasteiger partial charge in [0.25, 0.3) is 5.91 Å². The van der Waals surface area contributed by atoms with E-state index in [0.29, 0.717) is 5.56 Å². The predicted octanol–water partition coefficient (Wildman–Crippen LogP) is 2.79. The molecule has 2 rings (SSSR count). The van der Waals surface area contributed by atoms with E-state index in [9.17, 15) is 9.90 Å². The smallest absolute Gasteiger partial charge is 0.251 e. The van der Waals surface area contributed by atoms with Crippen LogP contribution in [0.25, 0.3) is 0 Å². The topological polar surface area (TPSA) is 49.3 Å². The maximum absolute atomic E-state index is 12.1. The van der Waals surface area contributed by atoms with Gasteiger partial charge in [-0.3, -0.25) is 4.79 Å². The van der Waals surface area contributed by atoms with Crippen LogP contribution in [0.2, 0.25) is 0 Å². The Morgan fingerprint density at radius 1 is 1.33 bits per heavy atom. The number of aliphatic hydroxyl groups is 1. The van der Waals surface area contributed by atoms with Gasteiger partial charge in [0, 0.05) is 10.0 Å². The Morgan fingerprint density at radius 3 is 2.72 bits per heavy atom. The number of nitrogens with one attached hydrogen (secondary N) is 1. The van der Waals surface area contributed by atoms with Gasteiger partial charge in [0.2, 0.25) is 0 Å². The number of hydrogen-bond acceptors (Lipinski definition) is 2. The fraction of sp³-hybridized carbons (Fsp3) is 0.500. The standard InChI is InChI=1S/C14H18BrNO2/c1-9-6-10(8-11(15)7-9)14(18)16-12-4-2-3-5-13(12)17/h6-8,12-13,17H,2-5H2,1H3,(H,16,18). The van der Waals surface area contributed by atoms with Crippen molar-refractivity contribution in [3.05, 3.63) is 33.8 Å². The summed E-state index contributed by atoms with van der Waals surface area (Å²) in [5.74, 6) is -0.106. The average molecular weight is 312 g/mol. The van der Waals surface area contributed by atoms with Crippen molar-refractivity contribution in [2.45, 2.75) is 44.8 Å². The number of aliphatic hydroxyl groups excluding tert-OH is 1. The molecule has 18 heavy (non-hydrogen) atoms. The van der Waals surface area contributed by atoms with E-state index >= 15 is 0 Å². The Labute approximate surface area is 116 Å². The third kappa shape index (κ3) is 3.33. The highest BCUT2D eigenvalue weighted by Gasteiger charge is 2.24.